The van der Waals surface area contributed by atoms with Gasteiger partial charge in [0.25, 0.3) is 6.29 Å². The highest BCUT2D eigenvalue weighted by Crippen LogP contribution is 2.18. The van der Waals surface area contributed by atoms with Crippen molar-refractivity contribution >= 4 is 17.6 Å². The van der Waals surface area contributed by atoms with Gasteiger partial charge in [-0.15, -0.1) is 0 Å². The van der Waals surface area contributed by atoms with Gasteiger partial charge in [0, 0.05) is 17.3 Å². The van der Waals surface area contributed by atoms with Gasteiger partial charge in [0.1, 0.15) is 6.26 Å². The standard InChI is InChI=1S/C14H16N2O5/c1-7-5-12(21-14(7)19)20-6-11(13(17)18)16-10(4)8(2)9(3)15-16/h5-6,12H,1-4H3,(H,17,18)/b11-6-. The molecule has 2 rings (SSSR count). The summed E-state index contributed by atoms with van der Waals surface area (Å²) in [5, 5.41) is 13.5. The zero-order chi connectivity index (χ0) is 15.7. The Hall–Kier alpha value is -2.57. The first-order valence-corrected chi connectivity index (χ1v) is 6.32. The van der Waals surface area contributed by atoms with E-state index in [1.54, 1.807) is 20.8 Å². The van der Waals surface area contributed by atoms with Gasteiger partial charge in [0.2, 0.25) is 0 Å². The molecule has 0 saturated carbocycles. The lowest BCUT2D eigenvalue weighted by atomic mass is 10.2. The van der Waals surface area contributed by atoms with Crippen LogP contribution in [0.15, 0.2) is 17.9 Å². The lowest BCUT2D eigenvalue weighted by molar-refractivity contribution is -0.152. The molecule has 1 aliphatic heterocycles. The molecular formula is C14H16N2O5. The molecule has 1 aliphatic rings. The highest BCUT2D eigenvalue weighted by Gasteiger charge is 2.24. The summed E-state index contributed by atoms with van der Waals surface area (Å²) < 4.78 is 11.4. The number of aliphatic carboxylic acids is 1. The molecule has 1 aromatic rings. The maximum Gasteiger partial charge on any atom is 0.357 e. The second kappa shape index (κ2) is 5.43. The smallest absolute Gasteiger partial charge is 0.357 e. The van der Waals surface area contributed by atoms with Crippen molar-refractivity contribution in [3.05, 3.63) is 34.9 Å². The number of carboxylic acids is 1. The highest BCUT2D eigenvalue weighted by molar-refractivity contribution is 6.08. The summed E-state index contributed by atoms with van der Waals surface area (Å²) >= 11 is 0. The van der Waals surface area contributed by atoms with Crippen molar-refractivity contribution in [1.29, 1.82) is 0 Å². The maximum absolute atomic E-state index is 11.4. The first kappa shape index (κ1) is 14.8. The van der Waals surface area contributed by atoms with E-state index in [9.17, 15) is 14.7 Å². The van der Waals surface area contributed by atoms with Gasteiger partial charge in [0.15, 0.2) is 5.70 Å². The van der Waals surface area contributed by atoms with Crippen LogP contribution in [0.5, 0.6) is 0 Å². The number of hydrogen-bond donors (Lipinski definition) is 1. The SMILES string of the molecule is CC1=CC(O/C=C(/C(=O)O)n2nc(C)c(C)c2C)OC1=O. The average Bonchev–Trinajstić information content (AvgIpc) is 2.85. The van der Waals surface area contributed by atoms with E-state index in [0.717, 1.165) is 17.5 Å². The third kappa shape index (κ3) is 2.81. The number of carboxylic acid groups (broad SMARTS) is 1. The molecule has 1 unspecified atom stereocenters. The number of carbonyl (C=O) groups excluding carboxylic acids is 1. The van der Waals surface area contributed by atoms with Crippen LogP contribution in [-0.4, -0.2) is 33.1 Å². The molecule has 21 heavy (non-hydrogen) atoms. The largest absolute Gasteiger partial charge is 0.476 e. The Labute approximate surface area is 121 Å². The second-order valence-corrected chi connectivity index (χ2v) is 4.78. The molecule has 0 saturated heterocycles. The van der Waals surface area contributed by atoms with Crippen LogP contribution >= 0.6 is 0 Å². The number of cyclic esters (lactones) is 1. The van der Waals surface area contributed by atoms with Crippen molar-refractivity contribution in [2.75, 3.05) is 0 Å². The van der Waals surface area contributed by atoms with Gasteiger partial charge in [-0.2, -0.15) is 5.10 Å². The van der Waals surface area contributed by atoms with Crippen LogP contribution in [-0.2, 0) is 19.1 Å². The maximum atomic E-state index is 11.4. The normalized spacial score (nSPS) is 18.5. The van der Waals surface area contributed by atoms with E-state index in [4.69, 9.17) is 9.47 Å². The van der Waals surface area contributed by atoms with E-state index >= 15 is 0 Å². The fourth-order valence-corrected chi connectivity index (χ4v) is 1.85. The summed E-state index contributed by atoms with van der Waals surface area (Å²) in [5.41, 5.74) is 2.62. The number of hydrogen-bond acceptors (Lipinski definition) is 5. The summed E-state index contributed by atoms with van der Waals surface area (Å²) in [5.74, 6) is -1.67. The molecule has 0 bridgehead atoms. The van der Waals surface area contributed by atoms with Crippen molar-refractivity contribution < 1.29 is 24.2 Å². The van der Waals surface area contributed by atoms with E-state index in [1.807, 2.05) is 6.92 Å². The first-order chi connectivity index (χ1) is 9.81. The summed E-state index contributed by atoms with van der Waals surface area (Å²) in [6.45, 7) is 7.02. The van der Waals surface area contributed by atoms with Crippen LogP contribution in [0.3, 0.4) is 0 Å². The predicted octanol–water partition coefficient (Wildman–Crippen LogP) is 1.54. The van der Waals surface area contributed by atoms with E-state index in [0.29, 0.717) is 11.3 Å². The predicted molar refractivity (Wildman–Crippen MR) is 73.1 cm³/mol. The van der Waals surface area contributed by atoms with Crippen molar-refractivity contribution in [3.63, 3.8) is 0 Å². The summed E-state index contributed by atoms with van der Waals surface area (Å²) in [4.78, 5) is 22.6. The van der Waals surface area contributed by atoms with Gasteiger partial charge in [-0.25, -0.2) is 14.3 Å². The Morgan fingerprint density at radius 3 is 2.52 bits per heavy atom. The van der Waals surface area contributed by atoms with Gasteiger partial charge < -0.3 is 14.6 Å². The van der Waals surface area contributed by atoms with Crippen LogP contribution in [0.2, 0.25) is 0 Å². The van der Waals surface area contributed by atoms with Crippen molar-refractivity contribution in [3.8, 4) is 0 Å². The van der Waals surface area contributed by atoms with Crippen LogP contribution in [0.1, 0.15) is 23.9 Å². The minimum Gasteiger partial charge on any atom is -0.476 e. The zero-order valence-electron chi connectivity index (χ0n) is 12.2. The Morgan fingerprint density at radius 2 is 2.10 bits per heavy atom. The average molecular weight is 292 g/mol. The zero-order valence-corrected chi connectivity index (χ0v) is 12.2. The summed E-state index contributed by atoms with van der Waals surface area (Å²) in [6, 6.07) is 0. The van der Waals surface area contributed by atoms with Crippen molar-refractivity contribution in [2.45, 2.75) is 34.0 Å². The molecule has 0 aliphatic carbocycles. The Kier molecular flexibility index (Phi) is 3.84. The topological polar surface area (TPSA) is 90.7 Å². The fraction of sp³-hybridized carbons (Fsp3) is 0.357. The van der Waals surface area contributed by atoms with Gasteiger partial charge in [0.05, 0.1) is 5.69 Å². The minimum atomic E-state index is -1.19. The molecule has 1 aromatic heterocycles. The Morgan fingerprint density at radius 1 is 1.43 bits per heavy atom. The molecule has 0 radical (unpaired) electrons. The second-order valence-electron chi connectivity index (χ2n) is 4.78. The number of esters is 1. The van der Waals surface area contributed by atoms with Gasteiger partial charge >= 0.3 is 11.9 Å². The quantitative estimate of drug-likeness (QED) is 0.514. The van der Waals surface area contributed by atoms with E-state index in [-0.39, 0.29) is 5.70 Å². The molecule has 1 N–H and O–H groups in total. The molecule has 0 fully saturated rings. The third-order valence-electron chi connectivity index (χ3n) is 3.35. The number of aromatic nitrogens is 2. The molecule has 7 heteroatoms. The van der Waals surface area contributed by atoms with E-state index in [2.05, 4.69) is 5.10 Å². The van der Waals surface area contributed by atoms with E-state index in [1.165, 1.54) is 10.8 Å². The number of carbonyl (C=O) groups is 2. The monoisotopic (exact) mass is 292 g/mol. The number of nitrogens with zero attached hydrogens (tertiary/aromatic N) is 2. The van der Waals surface area contributed by atoms with Crippen LogP contribution in [0.25, 0.3) is 5.70 Å². The Bertz CT molecular complexity index is 669. The summed E-state index contributed by atoms with van der Waals surface area (Å²) in [6.07, 6.45) is 1.60. The summed E-state index contributed by atoms with van der Waals surface area (Å²) in [7, 11) is 0. The van der Waals surface area contributed by atoms with Gasteiger partial charge in [-0.3, -0.25) is 0 Å². The minimum absolute atomic E-state index is 0.155. The van der Waals surface area contributed by atoms with E-state index < -0.39 is 18.2 Å². The molecule has 2 heterocycles. The number of aryl methyl sites for hydroxylation is 1. The molecule has 1 atom stereocenters. The lowest BCUT2D eigenvalue weighted by Gasteiger charge is -2.10. The van der Waals surface area contributed by atoms with Gasteiger partial charge in [-0.1, -0.05) is 0 Å². The number of rotatable bonds is 4. The molecule has 0 spiro atoms. The number of ether oxygens (including phenoxy) is 2. The lowest BCUT2D eigenvalue weighted by Crippen LogP contribution is -2.14. The van der Waals surface area contributed by atoms with Crippen molar-refractivity contribution in [1.82, 2.24) is 9.78 Å². The van der Waals surface area contributed by atoms with Crippen LogP contribution < -0.4 is 0 Å². The fourth-order valence-electron chi connectivity index (χ4n) is 1.85. The molecule has 0 amide bonds. The molecule has 7 nitrogen and oxygen atoms in total. The van der Waals surface area contributed by atoms with Crippen molar-refractivity contribution in [2.24, 2.45) is 0 Å². The first-order valence-electron chi connectivity index (χ1n) is 6.32. The van der Waals surface area contributed by atoms with Crippen LogP contribution in [0.4, 0.5) is 0 Å². The van der Waals surface area contributed by atoms with Gasteiger partial charge in [-0.05, 0) is 33.3 Å². The molecular weight excluding hydrogens is 276 g/mol. The van der Waals surface area contributed by atoms with Crippen LogP contribution in [0, 0.1) is 20.8 Å². The third-order valence-corrected chi connectivity index (χ3v) is 3.35. The molecule has 0 aromatic carbocycles. The Balaban J connectivity index is 2.28. The molecule has 112 valence electrons. The highest BCUT2D eigenvalue weighted by atomic mass is 16.7.